The van der Waals surface area contributed by atoms with E-state index in [2.05, 4.69) is 90.5 Å². The maximum absolute atomic E-state index is 13.0. The SMILES string of the molecule is CC(C)c1ccc(NC(=O)N2CCc3c(c4ccccc4n3Cc3ccccc3)C2)cc1. The first kappa shape index (κ1) is 20.4. The van der Waals surface area contributed by atoms with Crippen molar-refractivity contribution in [3.05, 3.63) is 101 Å². The number of benzene rings is 3. The molecule has 0 saturated carbocycles. The topological polar surface area (TPSA) is 37.3 Å². The molecule has 0 radical (unpaired) electrons. The lowest BCUT2D eigenvalue weighted by molar-refractivity contribution is 0.206. The molecular formula is C28H29N3O. The number of urea groups is 1. The van der Waals surface area contributed by atoms with E-state index in [0.29, 0.717) is 19.0 Å². The molecule has 4 heteroatoms. The van der Waals surface area contributed by atoms with Gasteiger partial charge in [-0.2, -0.15) is 0 Å². The summed E-state index contributed by atoms with van der Waals surface area (Å²) in [5.41, 5.74) is 7.27. The van der Waals surface area contributed by atoms with E-state index in [-0.39, 0.29) is 6.03 Å². The van der Waals surface area contributed by atoms with Crippen molar-refractivity contribution in [1.29, 1.82) is 0 Å². The third-order valence-corrected chi connectivity index (χ3v) is 6.46. The van der Waals surface area contributed by atoms with Crippen LogP contribution in [-0.2, 0) is 19.5 Å². The number of rotatable bonds is 4. The quantitative estimate of drug-likeness (QED) is 0.405. The molecule has 2 heterocycles. The molecule has 5 rings (SSSR count). The average molecular weight is 424 g/mol. The van der Waals surface area contributed by atoms with Crippen molar-refractivity contribution >= 4 is 22.6 Å². The summed E-state index contributed by atoms with van der Waals surface area (Å²) in [5, 5.41) is 4.33. The van der Waals surface area contributed by atoms with Crippen LogP contribution in [0.3, 0.4) is 0 Å². The Kier molecular flexibility index (Phi) is 5.44. The second-order valence-corrected chi connectivity index (χ2v) is 8.89. The van der Waals surface area contributed by atoms with E-state index in [1.165, 1.54) is 33.3 Å². The van der Waals surface area contributed by atoms with Gasteiger partial charge in [0.2, 0.25) is 0 Å². The van der Waals surface area contributed by atoms with Gasteiger partial charge in [0.05, 0.1) is 0 Å². The molecule has 0 bridgehead atoms. The van der Waals surface area contributed by atoms with Crippen LogP contribution in [0.15, 0.2) is 78.9 Å². The van der Waals surface area contributed by atoms with Crippen molar-refractivity contribution in [2.24, 2.45) is 0 Å². The molecule has 4 nitrogen and oxygen atoms in total. The van der Waals surface area contributed by atoms with Gasteiger partial charge in [0.1, 0.15) is 0 Å². The Labute approximate surface area is 189 Å². The molecule has 4 aromatic rings. The van der Waals surface area contributed by atoms with E-state index in [1.54, 1.807) is 0 Å². The van der Waals surface area contributed by atoms with Crippen LogP contribution >= 0.6 is 0 Å². The lowest BCUT2D eigenvalue weighted by Crippen LogP contribution is -2.39. The highest BCUT2D eigenvalue weighted by Gasteiger charge is 2.26. The second-order valence-electron chi connectivity index (χ2n) is 8.89. The summed E-state index contributed by atoms with van der Waals surface area (Å²) >= 11 is 0. The predicted octanol–water partition coefficient (Wildman–Crippen LogP) is 6.40. The van der Waals surface area contributed by atoms with Gasteiger partial charge in [0, 0.05) is 53.9 Å². The van der Waals surface area contributed by atoms with E-state index in [1.807, 2.05) is 17.0 Å². The number of hydrogen-bond acceptors (Lipinski definition) is 1. The van der Waals surface area contributed by atoms with Crippen molar-refractivity contribution < 1.29 is 4.79 Å². The number of amides is 2. The second kappa shape index (κ2) is 8.54. The zero-order chi connectivity index (χ0) is 22.1. The molecule has 1 N–H and O–H groups in total. The monoisotopic (exact) mass is 423 g/mol. The highest BCUT2D eigenvalue weighted by atomic mass is 16.2. The van der Waals surface area contributed by atoms with Gasteiger partial charge in [0.25, 0.3) is 0 Å². The van der Waals surface area contributed by atoms with Crippen LogP contribution in [0.1, 0.15) is 42.1 Å². The predicted molar refractivity (Wildman–Crippen MR) is 131 cm³/mol. The van der Waals surface area contributed by atoms with E-state index < -0.39 is 0 Å². The Hall–Kier alpha value is -3.53. The minimum Gasteiger partial charge on any atom is -0.340 e. The molecule has 2 amide bonds. The van der Waals surface area contributed by atoms with Gasteiger partial charge in [-0.25, -0.2) is 4.79 Å². The summed E-state index contributed by atoms with van der Waals surface area (Å²) < 4.78 is 2.43. The molecule has 32 heavy (non-hydrogen) atoms. The van der Waals surface area contributed by atoms with Gasteiger partial charge in [-0.15, -0.1) is 0 Å². The van der Waals surface area contributed by atoms with Gasteiger partial charge in [-0.05, 0) is 35.2 Å². The molecule has 1 aliphatic rings. The molecule has 0 aliphatic carbocycles. The van der Waals surface area contributed by atoms with Crippen molar-refractivity contribution in [2.45, 2.75) is 39.3 Å². The number of carbonyl (C=O) groups is 1. The number of aromatic nitrogens is 1. The fourth-order valence-corrected chi connectivity index (χ4v) is 4.67. The lowest BCUT2D eigenvalue weighted by atomic mass is 10.0. The molecule has 162 valence electrons. The molecule has 1 aliphatic heterocycles. The normalized spacial score (nSPS) is 13.4. The zero-order valence-corrected chi connectivity index (χ0v) is 18.7. The Morgan fingerprint density at radius 2 is 1.66 bits per heavy atom. The summed E-state index contributed by atoms with van der Waals surface area (Å²) in [6.45, 7) is 6.55. The first-order valence-electron chi connectivity index (χ1n) is 11.4. The Bertz CT molecular complexity index is 1240. The number of para-hydroxylation sites is 1. The van der Waals surface area contributed by atoms with Gasteiger partial charge < -0.3 is 14.8 Å². The number of nitrogens with zero attached hydrogens (tertiary/aromatic N) is 2. The van der Waals surface area contributed by atoms with E-state index in [4.69, 9.17) is 0 Å². The smallest absolute Gasteiger partial charge is 0.322 e. The summed E-state index contributed by atoms with van der Waals surface area (Å²) in [4.78, 5) is 15.0. The van der Waals surface area contributed by atoms with Crippen LogP contribution in [0.5, 0.6) is 0 Å². The zero-order valence-electron chi connectivity index (χ0n) is 18.7. The third kappa shape index (κ3) is 3.89. The highest BCUT2D eigenvalue weighted by Crippen LogP contribution is 2.32. The van der Waals surface area contributed by atoms with Crippen molar-refractivity contribution in [3.63, 3.8) is 0 Å². The molecular weight excluding hydrogens is 394 g/mol. The first-order chi connectivity index (χ1) is 15.6. The van der Waals surface area contributed by atoms with Crippen molar-refractivity contribution in [3.8, 4) is 0 Å². The summed E-state index contributed by atoms with van der Waals surface area (Å²) in [5.74, 6) is 0.480. The Morgan fingerprint density at radius 1 is 0.938 bits per heavy atom. The first-order valence-corrected chi connectivity index (χ1v) is 11.4. The minimum absolute atomic E-state index is 0.0344. The summed E-state index contributed by atoms with van der Waals surface area (Å²) in [6, 6.07) is 27.3. The third-order valence-electron chi connectivity index (χ3n) is 6.46. The number of anilines is 1. The van der Waals surface area contributed by atoms with E-state index >= 15 is 0 Å². The molecule has 3 aromatic carbocycles. The lowest BCUT2D eigenvalue weighted by Gasteiger charge is -2.28. The maximum Gasteiger partial charge on any atom is 0.322 e. The molecule has 0 saturated heterocycles. The van der Waals surface area contributed by atoms with Gasteiger partial charge in [0.15, 0.2) is 0 Å². The van der Waals surface area contributed by atoms with Crippen LogP contribution in [0, 0.1) is 0 Å². The fourth-order valence-electron chi connectivity index (χ4n) is 4.67. The van der Waals surface area contributed by atoms with E-state index in [9.17, 15) is 4.79 Å². The summed E-state index contributed by atoms with van der Waals surface area (Å²) in [7, 11) is 0. The standard InChI is InChI=1S/C28H29N3O/c1-20(2)22-12-14-23(15-13-22)29-28(32)30-17-16-27-25(19-30)24-10-6-7-11-26(24)31(27)18-21-8-4-3-5-9-21/h3-15,20H,16-19H2,1-2H3,(H,29,32). The largest absolute Gasteiger partial charge is 0.340 e. The Balaban J connectivity index is 1.39. The number of carbonyl (C=O) groups excluding carboxylic acids is 1. The van der Waals surface area contributed by atoms with Crippen LogP contribution in [0.4, 0.5) is 10.5 Å². The van der Waals surface area contributed by atoms with E-state index in [0.717, 1.165) is 18.7 Å². The van der Waals surface area contributed by atoms with Crippen LogP contribution in [0.2, 0.25) is 0 Å². The van der Waals surface area contributed by atoms with Gasteiger partial charge in [-0.3, -0.25) is 0 Å². The van der Waals surface area contributed by atoms with Crippen LogP contribution < -0.4 is 5.32 Å². The van der Waals surface area contributed by atoms with Crippen molar-refractivity contribution in [2.75, 3.05) is 11.9 Å². The maximum atomic E-state index is 13.0. The molecule has 0 atom stereocenters. The minimum atomic E-state index is -0.0344. The van der Waals surface area contributed by atoms with Crippen molar-refractivity contribution in [1.82, 2.24) is 9.47 Å². The van der Waals surface area contributed by atoms with Crippen LogP contribution in [-0.4, -0.2) is 22.0 Å². The van der Waals surface area contributed by atoms with Crippen LogP contribution in [0.25, 0.3) is 10.9 Å². The number of hydrogen-bond donors (Lipinski definition) is 1. The fraction of sp³-hybridized carbons (Fsp3) is 0.250. The molecule has 1 aromatic heterocycles. The number of fused-ring (bicyclic) bond motifs is 3. The molecule has 0 unspecified atom stereocenters. The Morgan fingerprint density at radius 3 is 2.41 bits per heavy atom. The number of nitrogens with one attached hydrogen (secondary N) is 1. The average Bonchev–Trinajstić information content (AvgIpc) is 3.13. The van der Waals surface area contributed by atoms with Gasteiger partial charge >= 0.3 is 6.03 Å². The highest BCUT2D eigenvalue weighted by molar-refractivity contribution is 5.91. The summed E-state index contributed by atoms with van der Waals surface area (Å²) in [6.07, 6.45) is 0.858. The van der Waals surface area contributed by atoms with Gasteiger partial charge in [-0.1, -0.05) is 74.5 Å². The molecule has 0 spiro atoms. The molecule has 0 fully saturated rings.